The maximum Gasteiger partial charge on any atom is 0.302 e. The van der Waals surface area contributed by atoms with Crippen LogP contribution in [0.3, 0.4) is 0 Å². The van der Waals surface area contributed by atoms with Crippen LogP contribution in [0.25, 0.3) is 0 Å². The predicted molar refractivity (Wildman–Crippen MR) is 140 cm³/mol. The SMILES string of the molecule is CC(=O)OCC(C)CCC[C@@H](C)[C@H]1C(=O)C[C@H]2[C@@H]3CC=C4CC(OC(C)=O)CC[C@]4(C)[C@H]3CC[C@]12C. The number of carbonyl (C=O) groups is 3. The number of hydrogen-bond donors (Lipinski definition) is 0. The fourth-order valence-corrected chi connectivity index (χ4v) is 9.06. The van der Waals surface area contributed by atoms with E-state index < -0.39 is 0 Å². The number of carbonyl (C=O) groups excluding carboxylic acids is 3. The van der Waals surface area contributed by atoms with Gasteiger partial charge in [0.1, 0.15) is 11.9 Å². The Bertz CT molecular complexity index is 891. The maximum absolute atomic E-state index is 13.5. The topological polar surface area (TPSA) is 69.7 Å². The molecule has 0 bridgehead atoms. The average Bonchev–Trinajstić information content (AvgIpc) is 3.07. The predicted octanol–water partition coefficient (Wildman–Crippen LogP) is 6.68. The van der Waals surface area contributed by atoms with Crippen LogP contribution in [0.2, 0.25) is 0 Å². The molecular weight excluding hydrogens is 452 g/mol. The Morgan fingerprint density at radius 2 is 1.78 bits per heavy atom. The number of ketones is 1. The van der Waals surface area contributed by atoms with Gasteiger partial charge in [-0.05, 0) is 85.4 Å². The molecule has 2 unspecified atom stereocenters. The molecule has 4 aliphatic rings. The van der Waals surface area contributed by atoms with E-state index in [1.54, 1.807) is 0 Å². The second-order valence-electron chi connectivity index (χ2n) is 13.2. The zero-order chi connectivity index (χ0) is 26.3. The van der Waals surface area contributed by atoms with E-state index in [1.165, 1.54) is 25.8 Å². The maximum atomic E-state index is 13.5. The minimum atomic E-state index is -0.211. The summed E-state index contributed by atoms with van der Waals surface area (Å²) in [5.74, 6) is 2.76. The second-order valence-corrected chi connectivity index (χ2v) is 13.2. The van der Waals surface area contributed by atoms with Gasteiger partial charge in [0.15, 0.2) is 0 Å². The van der Waals surface area contributed by atoms with E-state index >= 15 is 0 Å². The molecule has 0 amide bonds. The van der Waals surface area contributed by atoms with Gasteiger partial charge in [0.25, 0.3) is 0 Å². The Hall–Kier alpha value is -1.65. The van der Waals surface area contributed by atoms with E-state index in [1.807, 2.05) is 0 Å². The standard InChI is InChI=1S/C31H48O5/c1-19(18-35-21(3)32)8-7-9-20(2)29-28(34)17-27-25-11-10-23-16-24(36-22(4)33)12-14-30(23,5)26(25)13-15-31(27,29)6/h10,19-20,24-27,29H,7-9,11-18H2,1-6H3/t19?,20-,24?,25-,26+,27+,29+,30+,31+/m1/s1. The van der Waals surface area contributed by atoms with Crippen molar-refractivity contribution >= 4 is 17.7 Å². The summed E-state index contributed by atoms with van der Waals surface area (Å²) >= 11 is 0. The van der Waals surface area contributed by atoms with Crippen LogP contribution in [0.1, 0.15) is 106 Å². The lowest BCUT2D eigenvalue weighted by Crippen LogP contribution is -2.51. The first kappa shape index (κ1) is 27.4. The van der Waals surface area contributed by atoms with Gasteiger partial charge < -0.3 is 9.47 Å². The summed E-state index contributed by atoms with van der Waals surface area (Å²) in [5.41, 5.74) is 1.80. The van der Waals surface area contributed by atoms with Crippen LogP contribution >= 0.6 is 0 Å². The highest BCUT2D eigenvalue weighted by molar-refractivity contribution is 5.85. The zero-order valence-corrected chi connectivity index (χ0v) is 23.4. The number of ether oxygens (including phenoxy) is 2. The van der Waals surface area contributed by atoms with Crippen LogP contribution in [-0.4, -0.2) is 30.4 Å². The molecule has 0 spiro atoms. The summed E-state index contributed by atoms with van der Waals surface area (Å²) in [7, 11) is 0. The molecule has 5 nitrogen and oxygen atoms in total. The molecule has 0 N–H and O–H groups in total. The Kier molecular flexibility index (Phi) is 8.07. The molecule has 0 aromatic carbocycles. The van der Waals surface area contributed by atoms with Crippen molar-refractivity contribution in [2.45, 2.75) is 112 Å². The first-order valence-electron chi connectivity index (χ1n) is 14.5. The third-order valence-corrected chi connectivity index (χ3v) is 10.8. The molecule has 36 heavy (non-hydrogen) atoms. The Balaban J connectivity index is 1.41. The molecule has 3 fully saturated rings. The lowest BCUT2D eigenvalue weighted by molar-refractivity contribution is -0.149. The minimum absolute atomic E-state index is 0.0299. The van der Waals surface area contributed by atoms with E-state index in [0.29, 0.717) is 42.0 Å². The molecular formula is C31H48O5. The highest BCUT2D eigenvalue weighted by Gasteiger charge is 2.61. The first-order valence-corrected chi connectivity index (χ1v) is 14.5. The molecule has 0 radical (unpaired) electrons. The molecule has 0 aromatic heterocycles. The van der Waals surface area contributed by atoms with E-state index in [9.17, 15) is 14.4 Å². The lowest BCUT2D eigenvalue weighted by Gasteiger charge is -2.58. The van der Waals surface area contributed by atoms with E-state index in [-0.39, 0.29) is 34.8 Å². The average molecular weight is 501 g/mol. The van der Waals surface area contributed by atoms with Crippen LogP contribution in [-0.2, 0) is 23.9 Å². The third-order valence-electron chi connectivity index (χ3n) is 10.8. The summed E-state index contributed by atoms with van der Waals surface area (Å²) in [6.45, 7) is 12.8. The summed E-state index contributed by atoms with van der Waals surface area (Å²) < 4.78 is 10.7. The summed E-state index contributed by atoms with van der Waals surface area (Å²) in [4.78, 5) is 36.1. The number of Topliss-reactive ketones (excluding diaryl/α,β-unsaturated/α-hetero) is 1. The first-order chi connectivity index (χ1) is 17.0. The monoisotopic (exact) mass is 500 g/mol. The van der Waals surface area contributed by atoms with Gasteiger partial charge in [-0.15, -0.1) is 0 Å². The quantitative estimate of drug-likeness (QED) is 0.275. The van der Waals surface area contributed by atoms with Crippen LogP contribution < -0.4 is 0 Å². The van der Waals surface area contributed by atoms with Crippen molar-refractivity contribution in [2.75, 3.05) is 6.61 Å². The third kappa shape index (κ3) is 5.18. The number of esters is 2. The molecule has 0 saturated heterocycles. The lowest BCUT2D eigenvalue weighted by atomic mass is 9.47. The van der Waals surface area contributed by atoms with Gasteiger partial charge in [-0.3, -0.25) is 14.4 Å². The summed E-state index contributed by atoms with van der Waals surface area (Å²) in [6.07, 6.45) is 12.8. The van der Waals surface area contributed by atoms with Crippen LogP contribution in [0.4, 0.5) is 0 Å². The molecule has 0 aromatic rings. The number of rotatable bonds is 8. The summed E-state index contributed by atoms with van der Waals surface area (Å²) in [6, 6.07) is 0. The van der Waals surface area contributed by atoms with Crippen LogP contribution in [0.15, 0.2) is 11.6 Å². The van der Waals surface area contributed by atoms with E-state index in [0.717, 1.165) is 57.8 Å². The highest BCUT2D eigenvalue weighted by atomic mass is 16.5. The van der Waals surface area contributed by atoms with Gasteiger partial charge in [0.05, 0.1) is 6.61 Å². The van der Waals surface area contributed by atoms with E-state index in [2.05, 4.69) is 33.8 Å². The fraction of sp³-hybridized carbons (Fsp3) is 0.839. The van der Waals surface area contributed by atoms with Crippen molar-refractivity contribution < 1.29 is 23.9 Å². The van der Waals surface area contributed by atoms with Gasteiger partial charge in [0.2, 0.25) is 0 Å². The molecule has 202 valence electrons. The van der Waals surface area contributed by atoms with Gasteiger partial charge in [0, 0.05) is 32.6 Å². The molecule has 9 atom stereocenters. The molecule has 0 heterocycles. The van der Waals surface area contributed by atoms with E-state index in [4.69, 9.17) is 9.47 Å². The van der Waals surface area contributed by atoms with Crippen molar-refractivity contribution in [1.29, 1.82) is 0 Å². The number of allylic oxidation sites excluding steroid dienone is 1. The van der Waals surface area contributed by atoms with Gasteiger partial charge in [-0.25, -0.2) is 0 Å². The normalized spacial score (nSPS) is 39.2. The van der Waals surface area contributed by atoms with Crippen molar-refractivity contribution in [2.24, 2.45) is 46.3 Å². The largest absolute Gasteiger partial charge is 0.466 e. The summed E-state index contributed by atoms with van der Waals surface area (Å²) in [5, 5.41) is 0. The highest BCUT2D eigenvalue weighted by Crippen LogP contribution is 2.66. The minimum Gasteiger partial charge on any atom is -0.466 e. The smallest absolute Gasteiger partial charge is 0.302 e. The van der Waals surface area contributed by atoms with Gasteiger partial charge in [-0.1, -0.05) is 45.8 Å². The van der Waals surface area contributed by atoms with Crippen LogP contribution in [0.5, 0.6) is 0 Å². The molecule has 4 aliphatic carbocycles. The second kappa shape index (κ2) is 10.6. The number of hydrogen-bond acceptors (Lipinski definition) is 5. The van der Waals surface area contributed by atoms with Crippen molar-refractivity contribution in [3.8, 4) is 0 Å². The van der Waals surface area contributed by atoms with Crippen LogP contribution in [0, 0.1) is 46.3 Å². The Labute approximate surface area is 218 Å². The Morgan fingerprint density at radius 1 is 1.03 bits per heavy atom. The van der Waals surface area contributed by atoms with Crippen molar-refractivity contribution in [1.82, 2.24) is 0 Å². The molecule has 4 rings (SSSR count). The molecule has 0 aliphatic heterocycles. The zero-order valence-electron chi connectivity index (χ0n) is 23.4. The molecule has 3 saturated carbocycles. The van der Waals surface area contributed by atoms with Gasteiger partial charge in [-0.2, -0.15) is 0 Å². The Morgan fingerprint density at radius 3 is 2.47 bits per heavy atom. The number of fused-ring (bicyclic) bond motifs is 5. The van der Waals surface area contributed by atoms with Crippen molar-refractivity contribution in [3.63, 3.8) is 0 Å². The molecule has 5 heteroatoms. The fourth-order valence-electron chi connectivity index (χ4n) is 9.06. The van der Waals surface area contributed by atoms with Crippen molar-refractivity contribution in [3.05, 3.63) is 11.6 Å². The van der Waals surface area contributed by atoms with Gasteiger partial charge >= 0.3 is 11.9 Å².